The molecule has 0 radical (unpaired) electrons. The minimum absolute atomic E-state index is 0.184. The van der Waals surface area contributed by atoms with Crippen LogP contribution in [-0.4, -0.2) is 23.3 Å². The van der Waals surface area contributed by atoms with Crippen molar-refractivity contribution in [2.24, 2.45) is 10.7 Å². The monoisotopic (exact) mass is 257 g/mol. The first-order chi connectivity index (χ1) is 9.20. The lowest BCUT2D eigenvalue weighted by Gasteiger charge is -2.42. The van der Waals surface area contributed by atoms with Crippen molar-refractivity contribution in [1.82, 2.24) is 4.90 Å². The van der Waals surface area contributed by atoms with Crippen molar-refractivity contribution < 1.29 is 4.79 Å². The summed E-state index contributed by atoms with van der Waals surface area (Å²) in [6.45, 7) is 2.78. The highest BCUT2D eigenvalue weighted by Gasteiger charge is 2.51. The van der Waals surface area contributed by atoms with Crippen molar-refractivity contribution >= 4 is 11.9 Å². The van der Waals surface area contributed by atoms with Gasteiger partial charge >= 0.3 is 6.03 Å². The van der Waals surface area contributed by atoms with Crippen LogP contribution in [0.15, 0.2) is 29.3 Å². The first-order valence-electron chi connectivity index (χ1n) is 6.95. The van der Waals surface area contributed by atoms with Gasteiger partial charge in [0, 0.05) is 6.54 Å². The highest BCUT2D eigenvalue weighted by Crippen LogP contribution is 2.43. The minimum atomic E-state index is -0.484. The zero-order chi connectivity index (χ0) is 13.5. The van der Waals surface area contributed by atoms with Crippen LogP contribution in [0.25, 0.3) is 0 Å². The van der Waals surface area contributed by atoms with Gasteiger partial charge in [-0.1, -0.05) is 31.2 Å². The lowest BCUT2D eigenvalue weighted by atomic mass is 9.75. The second-order valence-electron chi connectivity index (χ2n) is 5.30. The van der Waals surface area contributed by atoms with Crippen molar-refractivity contribution in [3.05, 3.63) is 35.4 Å². The lowest BCUT2D eigenvalue weighted by molar-refractivity contribution is 0.159. The van der Waals surface area contributed by atoms with Gasteiger partial charge in [0.15, 0.2) is 0 Å². The number of nitrogens with two attached hydrogens (primary N) is 1. The van der Waals surface area contributed by atoms with Gasteiger partial charge in [0.05, 0.1) is 0 Å². The van der Waals surface area contributed by atoms with E-state index in [0.29, 0.717) is 12.4 Å². The number of rotatable bonds is 2. The molecule has 1 aromatic carbocycles. The van der Waals surface area contributed by atoms with E-state index in [-0.39, 0.29) is 6.03 Å². The first kappa shape index (κ1) is 12.2. The van der Waals surface area contributed by atoms with Gasteiger partial charge in [-0.3, -0.25) is 0 Å². The summed E-state index contributed by atoms with van der Waals surface area (Å²) in [6.07, 6.45) is 3.89. The van der Waals surface area contributed by atoms with E-state index in [9.17, 15) is 4.79 Å². The summed E-state index contributed by atoms with van der Waals surface area (Å²) < 4.78 is 0. The van der Waals surface area contributed by atoms with E-state index in [2.05, 4.69) is 24.0 Å². The highest BCUT2D eigenvalue weighted by molar-refractivity contribution is 6.06. The number of hydrogen-bond acceptors (Lipinski definition) is 2. The van der Waals surface area contributed by atoms with Crippen LogP contribution in [0.3, 0.4) is 0 Å². The minimum Gasteiger partial charge on any atom is -0.385 e. The van der Waals surface area contributed by atoms with Crippen LogP contribution in [0.5, 0.6) is 0 Å². The van der Waals surface area contributed by atoms with E-state index < -0.39 is 5.54 Å². The first-order valence-corrected chi connectivity index (χ1v) is 6.95. The van der Waals surface area contributed by atoms with Crippen LogP contribution in [0.4, 0.5) is 4.79 Å². The predicted molar refractivity (Wildman–Crippen MR) is 75.1 cm³/mol. The third-order valence-electron chi connectivity index (χ3n) is 4.23. The smallest absolute Gasteiger partial charge is 0.346 e. The SMILES string of the molecule is CCCN1C(=O)N=C(N)C12CCCc1ccccc12. The Kier molecular flexibility index (Phi) is 2.81. The van der Waals surface area contributed by atoms with Gasteiger partial charge in [0.25, 0.3) is 0 Å². The van der Waals surface area contributed by atoms with Crippen LogP contribution in [0.2, 0.25) is 0 Å². The molecule has 2 aliphatic rings. The second kappa shape index (κ2) is 4.37. The second-order valence-corrected chi connectivity index (χ2v) is 5.30. The number of nitrogens with zero attached hydrogens (tertiary/aromatic N) is 2. The standard InChI is InChI=1S/C15H19N3O/c1-2-10-18-14(19)17-13(16)15(18)9-5-7-11-6-3-4-8-12(11)15/h3-4,6,8H,2,5,7,9-10H2,1H3,(H2,16,17,19). The van der Waals surface area contributed by atoms with E-state index in [1.54, 1.807) is 0 Å². The average molecular weight is 257 g/mol. The molecule has 0 saturated carbocycles. The molecule has 1 aliphatic heterocycles. The number of aryl methyl sites for hydroxylation is 1. The van der Waals surface area contributed by atoms with Crippen LogP contribution < -0.4 is 5.73 Å². The summed E-state index contributed by atoms with van der Waals surface area (Å²) >= 11 is 0. The van der Waals surface area contributed by atoms with E-state index >= 15 is 0 Å². The summed E-state index contributed by atoms with van der Waals surface area (Å²) in [5.41, 5.74) is 8.14. The Morgan fingerprint density at radius 2 is 2.21 bits per heavy atom. The van der Waals surface area contributed by atoms with Crippen molar-refractivity contribution in [1.29, 1.82) is 0 Å². The molecule has 1 heterocycles. The molecular weight excluding hydrogens is 238 g/mol. The number of carbonyl (C=O) groups excluding carboxylic acids is 1. The van der Waals surface area contributed by atoms with Gasteiger partial charge < -0.3 is 10.6 Å². The number of fused-ring (bicyclic) bond motifs is 2. The van der Waals surface area contributed by atoms with Crippen LogP contribution in [-0.2, 0) is 12.0 Å². The third kappa shape index (κ3) is 1.59. The number of urea groups is 1. The van der Waals surface area contributed by atoms with Gasteiger partial charge in [0.1, 0.15) is 11.4 Å². The zero-order valence-corrected chi connectivity index (χ0v) is 11.2. The molecular formula is C15H19N3O. The molecule has 0 fully saturated rings. The fraction of sp³-hybridized carbons (Fsp3) is 0.467. The quantitative estimate of drug-likeness (QED) is 0.884. The molecule has 0 aromatic heterocycles. The number of amides is 2. The Morgan fingerprint density at radius 3 is 3.00 bits per heavy atom. The molecule has 0 saturated heterocycles. The zero-order valence-electron chi connectivity index (χ0n) is 11.2. The van der Waals surface area contributed by atoms with Crippen molar-refractivity contribution in [2.75, 3.05) is 6.54 Å². The molecule has 3 rings (SSSR count). The normalized spacial score (nSPS) is 25.6. The molecule has 1 aromatic rings. The Labute approximate surface area is 113 Å². The van der Waals surface area contributed by atoms with Gasteiger partial charge in [-0.05, 0) is 36.8 Å². The molecule has 19 heavy (non-hydrogen) atoms. The summed E-state index contributed by atoms with van der Waals surface area (Å²) in [6, 6.07) is 8.11. The predicted octanol–water partition coefficient (Wildman–Crippen LogP) is 2.42. The fourth-order valence-corrected chi connectivity index (χ4v) is 3.43. The third-order valence-corrected chi connectivity index (χ3v) is 4.23. The summed E-state index contributed by atoms with van der Waals surface area (Å²) in [5, 5.41) is 0. The molecule has 1 aliphatic carbocycles. The summed E-state index contributed by atoms with van der Waals surface area (Å²) in [5.74, 6) is 0.470. The molecule has 1 atom stereocenters. The molecule has 4 heteroatoms. The number of amidine groups is 1. The average Bonchev–Trinajstić information content (AvgIpc) is 2.65. The fourth-order valence-electron chi connectivity index (χ4n) is 3.43. The maximum Gasteiger partial charge on any atom is 0.346 e. The van der Waals surface area contributed by atoms with Crippen LogP contribution in [0.1, 0.15) is 37.3 Å². The van der Waals surface area contributed by atoms with E-state index in [1.165, 1.54) is 11.1 Å². The lowest BCUT2D eigenvalue weighted by Crippen LogP contribution is -2.53. The number of aliphatic imine (C=N–C) groups is 1. The molecule has 100 valence electrons. The summed E-state index contributed by atoms with van der Waals surface area (Å²) in [4.78, 5) is 18.0. The van der Waals surface area contributed by atoms with Crippen molar-refractivity contribution in [3.63, 3.8) is 0 Å². The van der Waals surface area contributed by atoms with Crippen molar-refractivity contribution in [3.8, 4) is 0 Å². The Hall–Kier alpha value is -1.84. The topological polar surface area (TPSA) is 58.7 Å². The molecule has 1 spiro atoms. The van der Waals surface area contributed by atoms with Gasteiger partial charge in [-0.2, -0.15) is 4.99 Å². The maximum absolute atomic E-state index is 12.1. The maximum atomic E-state index is 12.1. The Balaban J connectivity index is 2.17. The van der Waals surface area contributed by atoms with E-state index in [4.69, 9.17) is 5.73 Å². The number of benzene rings is 1. The van der Waals surface area contributed by atoms with E-state index in [1.807, 2.05) is 17.0 Å². The Morgan fingerprint density at radius 1 is 1.42 bits per heavy atom. The van der Waals surface area contributed by atoms with Crippen molar-refractivity contribution in [2.45, 2.75) is 38.1 Å². The summed E-state index contributed by atoms with van der Waals surface area (Å²) in [7, 11) is 0. The van der Waals surface area contributed by atoms with Crippen LogP contribution >= 0.6 is 0 Å². The van der Waals surface area contributed by atoms with E-state index in [0.717, 1.165) is 25.7 Å². The highest BCUT2D eigenvalue weighted by atomic mass is 16.2. The van der Waals surface area contributed by atoms with Gasteiger partial charge in [0.2, 0.25) is 0 Å². The number of carbonyl (C=O) groups is 1. The van der Waals surface area contributed by atoms with Crippen LogP contribution in [0, 0.1) is 0 Å². The molecule has 2 amide bonds. The van der Waals surface area contributed by atoms with Gasteiger partial charge in [-0.25, -0.2) is 4.79 Å². The molecule has 0 bridgehead atoms. The van der Waals surface area contributed by atoms with Gasteiger partial charge in [-0.15, -0.1) is 0 Å². The molecule has 4 nitrogen and oxygen atoms in total. The Bertz CT molecular complexity index is 552. The molecule has 2 N–H and O–H groups in total. The largest absolute Gasteiger partial charge is 0.385 e. The number of hydrogen-bond donors (Lipinski definition) is 1. The molecule has 1 unspecified atom stereocenters.